The van der Waals surface area contributed by atoms with E-state index in [0.29, 0.717) is 0 Å². The molecular formula is C64H43B2I. The maximum Gasteiger partial charge on any atom is 0.244 e. The Morgan fingerprint density at radius 3 is 1.19 bits per heavy atom. The first kappa shape index (κ1) is 38.4. The summed E-state index contributed by atoms with van der Waals surface area (Å²) in [6, 6.07) is 59.8. The maximum atomic E-state index is 2.69. The van der Waals surface area contributed by atoms with E-state index >= 15 is 0 Å². The third-order valence-electron chi connectivity index (χ3n) is 16.4. The Morgan fingerprint density at radius 2 is 0.716 bits per heavy atom. The third kappa shape index (κ3) is 4.91. The van der Waals surface area contributed by atoms with Gasteiger partial charge in [-0.3, -0.25) is 0 Å². The van der Waals surface area contributed by atoms with Gasteiger partial charge in [-0.2, -0.15) is 0 Å². The van der Waals surface area contributed by atoms with E-state index in [0.717, 1.165) is 0 Å². The van der Waals surface area contributed by atoms with E-state index < -0.39 is 0 Å². The monoisotopic (exact) mass is 960 g/mol. The molecule has 312 valence electrons. The average Bonchev–Trinajstić information content (AvgIpc) is 3.83. The van der Waals surface area contributed by atoms with Crippen molar-refractivity contribution in [3.8, 4) is 77.9 Å². The summed E-state index contributed by atoms with van der Waals surface area (Å²) in [5.74, 6) is 0. The molecule has 0 nitrogen and oxygen atoms in total. The van der Waals surface area contributed by atoms with Crippen LogP contribution >= 0.6 is 22.6 Å². The number of fused-ring (bicyclic) bond motifs is 10. The lowest BCUT2D eigenvalue weighted by molar-refractivity contribution is 1.32. The molecule has 11 aromatic carbocycles. The van der Waals surface area contributed by atoms with Crippen LogP contribution in [0.2, 0.25) is 0 Å². The number of benzene rings is 11. The first-order valence-electron chi connectivity index (χ1n) is 23.9. The summed E-state index contributed by atoms with van der Waals surface area (Å²) in [6.07, 6.45) is 0. The highest BCUT2D eigenvalue weighted by Crippen LogP contribution is 2.52. The molecule has 4 aliphatic heterocycles. The van der Waals surface area contributed by atoms with Crippen molar-refractivity contribution in [2.45, 2.75) is 41.5 Å². The number of halogens is 1. The Bertz CT molecular complexity index is 4070. The number of aryl methyl sites for hydroxylation is 6. The van der Waals surface area contributed by atoms with Crippen LogP contribution in [-0.2, 0) is 0 Å². The maximum absolute atomic E-state index is 2.69. The van der Waals surface area contributed by atoms with Gasteiger partial charge in [0.25, 0.3) is 0 Å². The Morgan fingerprint density at radius 1 is 0.313 bits per heavy atom. The van der Waals surface area contributed by atoms with Crippen molar-refractivity contribution in [3.05, 3.63) is 189 Å². The molecule has 0 unspecified atom stereocenters. The second-order valence-electron chi connectivity index (χ2n) is 20.3. The molecular weight excluding hydrogens is 917 g/mol. The standard InChI is InChI=1S/C64H43B2I/c1-32-20-34(3)57(35(4)21-32)43-28-45-50-25-39(38-14-8-7-9-15-38)24-49-41-16-10-12-18-53(41)65(63(49)50)55-30-48-44(58-36(5)22-33(2)23-37(58)6)29-46-52-27-40(67)26-51-42-17-11-13-19-54(42)66(64(51)52)56-31-47(43)61(59(45)55)62(48)60(46)56/h7-31H,1-6H3. The van der Waals surface area contributed by atoms with Gasteiger partial charge in [-0.05, 0) is 233 Å². The van der Waals surface area contributed by atoms with Crippen LogP contribution in [-0.4, -0.2) is 13.4 Å². The molecule has 0 radical (unpaired) electrons. The quantitative estimate of drug-likeness (QED) is 0.0940. The normalized spacial score (nSPS) is 13.2. The first-order chi connectivity index (χ1) is 32.6. The summed E-state index contributed by atoms with van der Waals surface area (Å²) < 4.78 is 1.29. The number of rotatable bonds is 3. The SMILES string of the molecule is Cc1cc(C)c(-c2cc3c4c(cc5c(-c6c(C)cc(C)cc6C)cc6c7c(cc2c4c57)B2c4ccccc4-c4cc(-c5ccccc5)cc-6c42)B2c4ccccc4-c4cc(I)cc-3c42)c(C)c1. The molecule has 0 saturated carbocycles. The Hall–Kier alpha value is -6.68. The number of hydrogen-bond donors (Lipinski definition) is 0. The van der Waals surface area contributed by atoms with E-state index in [1.807, 2.05) is 0 Å². The van der Waals surface area contributed by atoms with Gasteiger partial charge in [-0.15, -0.1) is 0 Å². The minimum atomic E-state index is 0.116. The molecule has 4 aliphatic rings. The molecule has 67 heavy (non-hydrogen) atoms. The van der Waals surface area contributed by atoms with Crippen LogP contribution in [0, 0.1) is 45.1 Å². The molecule has 11 aromatic rings. The van der Waals surface area contributed by atoms with Gasteiger partial charge in [0.1, 0.15) is 0 Å². The molecule has 0 bridgehead atoms. The zero-order valence-corrected chi connectivity index (χ0v) is 40.6. The van der Waals surface area contributed by atoms with Gasteiger partial charge >= 0.3 is 0 Å². The molecule has 0 aliphatic carbocycles. The van der Waals surface area contributed by atoms with Crippen molar-refractivity contribution in [1.29, 1.82) is 0 Å². The summed E-state index contributed by atoms with van der Waals surface area (Å²) in [6.45, 7) is 14.1. The van der Waals surface area contributed by atoms with E-state index in [1.165, 1.54) is 180 Å². The van der Waals surface area contributed by atoms with E-state index in [4.69, 9.17) is 0 Å². The molecule has 4 heterocycles. The van der Waals surface area contributed by atoms with Crippen molar-refractivity contribution < 1.29 is 0 Å². The minimum Gasteiger partial charge on any atom is -0.0664 e. The van der Waals surface area contributed by atoms with Crippen LogP contribution in [0.25, 0.3) is 110 Å². The van der Waals surface area contributed by atoms with Gasteiger partial charge in [0, 0.05) is 3.57 Å². The molecule has 0 atom stereocenters. The fourth-order valence-corrected chi connectivity index (χ4v) is 14.9. The smallest absolute Gasteiger partial charge is 0.0664 e. The van der Waals surface area contributed by atoms with Gasteiger partial charge in [0.05, 0.1) is 0 Å². The summed E-state index contributed by atoms with van der Waals surface area (Å²) in [4.78, 5) is 0. The molecule has 15 rings (SSSR count). The molecule has 0 aromatic heterocycles. The van der Waals surface area contributed by atoms with Crippen LogP contribution in [0.1, 0.15) is 33.4 Å². The van der Waals surface area contributed by atoms with Crippen LogP contribution in [0.4, 0.5) is 0 Å². The molecule has 0 spiro atoms. The van der Waals surface area contributed by atoms with Gasteiger partial charge < -0.3 is 0 Å². The topological polar surface area (TPSA) is 0 Å². The summed E-state index contributed by atoms with van der Waals surface area (Å²) in [7, 11) is 0. The van der Waals surface area contributed by atoms with Gasteiger partial charge in [-0.25, -0.2) is 0 Å². The van der Waals surface area contributed by atoms with Gasteiger partial charge in [-0.1, -0.05) is 159 Å². The van der Waals surface area contributed by atoms with Crippen molar-refractivity contribution in [2.75, 3.05) is 0 Å². The van der Waals surface area contributed by atoms with Crippen LogP contribution in [0.5, 0.6) is 0 Å². The Balaban J connectivity index is 1.22. The second kappa shape index (κ2) is 13.3. The fourth-order valence-electron chi connectivity index (χ4n) is 14.3. The Kier molecular flexibility index (Phi) is 7.61. The molecule has 0 amide bonds. The van der Waals surface area contributed by atoms with Crippen LogP contribution in [0.15, 0.2) is 152 Å². The molecule has 0 fully saturated rings. The molecule has 3 heteroatoms. The largest absolute Gasteiger partial charge is 0.244 e. The van der Waals surface area contributed by atoms with E-state index in [9.17, 15) is 0 Å². The van der Waals surface area contributed by atoms with Crippen molar-refractivity contribution in [2.24, 2.45) is 0 Å². The van der Waals surface area contributed by atoms with E-state index in [1.54, 1.807) is 0 Å². The lowest BCUT2D eigenvalue weighted by Gasteiger charge is -2.33. The highest BCUT2D eigenvalue weighted by Gasteiger charge is 2.45. The average molecular weight is 961 g/mol. The molecule has 0 N–H and O–H groups in total. The second-order valence-corrected chi connectivity index (χ2v) is 21.6. The minimum absolute atomic E-state index is 0.116. The van der Waals surface area contributed by atoms with E-state index in [-0.39, 0.29) is 13.4 Å². The summed E-state index contributed by atoms with van der Waals surface area (Å²) >= 11 is 2.58. The molecule has 0 saturated heterocycles. The van der Waals surface area contributed by atoms with Gasteiger partial charge in [0.2, 0.25) is 13.4 Å². The highest BCUT2D eigenvalue weighted by molar-refractivity contribution is 14.1. The lowest BCUT2D eigenvalue weighted by Crippen LogP contribution is -2.53. The zero-order chi connectivity index (χ0) is 44.9. The third-order valence-corrected chi connectivity index (χ3v) is 17.0. The predicted octanol–water partition coefficient (Wildman–Crippen LogP) is 13.0. The van der Waals surface area contributed by atoms with Crippen molar-refractivity contribution in [1.82, 2.24) is 0 Å². The fraction of sp³-hybridized carbons (Fsp3) is 0.0938. The summed E-state index contributed by atoms with van der Waals surface area (Å²) in [5, 5.41) is 8.45. The lowest BCUT2D eigenvalue weighted by atomic mass is 9.34. The van der Waals surface area contributed by atoms with Crippen molar-refractivity contribution in [3.63, 3.8) is 0 Å². The van der Waals surface area contributed by atoms with E-state index in [2.05, 4.69) is 216 Å². The Labute approximate surface area is 406 Å². The van der Waals surface area contributed by atoms with Crippen LogP contribution < -0.4 is 32.8 Å². The zero-order valence-electron chi connectivity index (χ0n) is 38.5. The summed E-state index contributed by atoms with van der Waals surface area (Å²) in [5.41, 5.74) is 35.6. The first-order valence-corrected chi connectivity index (χ1v) is 25.0. The number of hydrogen-bond acceptors (Lipinski definition) is 0. The highest BCUT2D eigenvalue weighted by atomic mass is 127. The predicted molar refractivity (Wildman–Crippen MR) is 299 cm³/mol. The van der Waals surface area contributed by atoms with Gasteiger partial charge in [0.15, 0.2) is 0 Å². The van der Waals surface area contributed by atoms with Crippen molar-refractivity contribution >= 4 is 101 Å². The van der Waals surface area contributed by atoms with Crippen LogP contribution in [0.3, 0.4) is 0 Å².